The van der Waals surface area contributed by atoms with Gasteiger partial charge in [0.25, 0.3) is 0 Å². The number of hydrogen-bond donors (Lipinski definition) is 1. The van der Waals surface area contributed by atoms with Crippen molar-refractivity contribution in [2.75, 3.05) is 0 Å². The Labute approximate surface area is 111 Å². The predicted octanol–water partition coefficient (Wildman–Crippen LogP) is 3.18. The standard InChI is InChI=1S/C14H17N3S/c1-14(2)6-10(15)9-8-16-13(17-11(9)7-14)12-4-3-5-18-12/h3-5,8,10H,6-7,15H2,1-2H3. The SMILES string of the molecule is CC1(C)Cc2nc(-c3cccs3)ncc2C(N)C1. The molecular weight excluding hydrogens is 242 g/mol. The molecule has 2 aromatic rings. The van der Waals surface area contributed by atoms with Crippen LogP contribution in [0.5, 0.6) is 0 Å². The second-order valence-corrected chi connectivity index (χ2v) is 6.67. The van der Waals surface area contributed by atoms with Gasteiger partial charge in [-0.25, -0.2) is 9.97 Å². The van der Waals surface area contributed by atoms with Crippen LogP contribution < -0.4 is 5.73 Å². The molecule has 1 aliphatic rings. The van der Waals surface area contributed by atoms with Crippen molar-refractivity contribution in [3.05, 3.63) is 35.0 Å². The topological polar surface area (TPSA) is 51.8 Å². The van der Waals surface area contributed by atoms with Crippen LogP contribution in [0.25, 0.3) is 10.7 Å². The number of nitrogens with two attached hydrogens (primary N) is 1. The summed E-state index contributed by atoms with van der Waals surface area (Å²) in [5.74, 6) is 0.827. The van der Waals surface area contributed by atoms with Gasteiger partial charge in [0.2, 0.25) is 0 Å². The van der Waals surface area contributed by atoms with E-state index in [4.69, 9.17) is 10.7 Å². The maximum absolute atomic E-state index is 6.21. The van der Waals surface area contributed by atoms with E-state index in [1.165, 1.54) is 0 Å². The molecule has 0 saturated carbocycles. The number of fused-ring (bicyclic) bond motifs is 1. The Morgan fingerprint density at radius 2 is 2.28 bits per heavy atom. The lowest BCUT2D eigenvalue weighted by Crippen LogP contribution is -2.30. The quantitative estimate of drug-likeness (QED) is 0.855. The van der Waals surface area contributed by atoms with Crippen molar-refractivity contribution in [1.29, 1.82) is 0 Å². The van der Waals surface area contributed by atoms with E-state index in [0.717, 1.165) is 34.8 Å². The van der Waals surface area contributed by atoms with Gasteiger partial charge in [0.05, 0.1) is 4.88 Å². The molecule has 0 aliphatic heterocycles. The van der Waals surface area contributed by atoms with Crippen molar-refractivity contribution in [1.82, 2.24) is 9.97 Å². The largest absolute Gasteiger partial charge is 0.324 e. The van der Waals surface area contributed by atoms with E-state index in [1.54, 1.807) is 11.3 Å². The van der Waals surface area contributed by atoms with Crippen molar-refractivity contribution in [2.24, 2.45) is 11.1 Å². The molecule has 4 heteroatoms. The maximum Gasteiger partial charge on any atom is 0.169 e. The molecule has 0 aromatic carbocycles. The molecular formula is C14H17N3S. The molecule has 1 atom stereocenters. The lowest BCUT2D eigenvalue weighted by atomic mass is 9.74. The average Bonchev–Trinajstić information content (AvgIpc) is 2.79. The van der Waals surface area contributed by atoms with Crippen molar-refractivity contribution < 1.29 is 0 Å². The summed E-state index contributed by atoms with van der Waals surface area (Å²) in [4.78, 5) is 10.3. The van der Waals surface area contributed by atoms with Crippen LogP contribution in [0.3, 0.4) is 0 Å². The number of nitrogens with zero attached hydrogens (tertiary/aromatic N) is 2. The molecule has 0 spiro atoms. The first kappa shape index (κ1) is 11.8. The monoisotopic (exact) mass is 259 g/mol. The smallest absolute Gasteiger partial charge is 0.169 e. The first-order chi connectivity index (χ1) is 8.55. The van der Waals surface area contributed by atoms with Crippen molar-refractivity contribution in [2.45, 2.75) is 32.7 Å². The summed E-state index contributed by atoms with van der Waals surface area (Å²) >= 11 is 1.67. The summed E-state index contributed by atoms with van der Waals surface area (Å²) in [5, 5.41) is 2.05. The number of aromatic nitrogens is 2. The first-order valence-electron chi connectivity index (χ1n) is 6.20. The predicted molar refractivity (Wildman–Crippen MR) is 74.4 cm³/mol. The summed E-state index contributed by atoms with van der Waals surface area (Å²) in [5.41, 5.74) is 8.69. The summed E-state index contributed by atoms with van der Waals surface area (Å²) in [7, 11) is 0. The zero-order chi connectivity index (χ0) is 12.8. The van der Waals surface area contributed by atoms with E-state index in [1.807, 2.05) is 17.6 Å². The Balaban J connectivity index is 2.05. The van der Waals surface area contributed by atoms with Crippen molar-refractivity contribution >= 4 is 11.3 Å². The third-order valence-corrected chi connectivity index (χ3v) is 4.33. The molecule has 2 heterocycles. The van der Waals surface area contributed by atoms with Crippen LogP contribution in [-0.4, -0.2) is 9.97 Å². The summed E-state index contributed by atoms with van der Waals surface area (Å²) < 4.78 is 0. The second-order valence-electron chi connectivity index (χ2n) is 5.72. The van der Waals surface area contributed by atoms with E-state index in [0.29, 0.717) is 0 Å². The van der Waals surface area contributed by atoms with Crippen molar-refractivity contribution in [3.8, 4) is 10.7 Å². The Bertz CT molecular complexity index is 560. The van der Waals surface area contributed by atoms with Gasteiger partial charge in [0.1, 0.15) is 0 Å². The zero-order valence-electron chi connectivity index (χ0n) is 10.7. The molecule has 0 saturated heterocycles. The third-order valence-electron chi connectivity index (χ3n) is 3.46. The van der Waals surface area contributed by atoms with Crippen LogP contribution in [0.2, 0.25) is 0 Å². The van der Waals surface area contributed by atoms with Crippen LogP contribution in [0, 0.1) is 5.41 Å². The highest BCUT2D eigenvalue weighted by atomic mass is 32.1. The fraction of sp³-hybridized carbons (Fsp3) is 0.429. The van der Waals surface area contributed by atoms with Gasteiger partial charge in [-0.2, -0.15) is 0 Å². The van der Waals surface area contributed by atoms with Gasteiger partial charge in [-0.1, -0.05) is 19.9 Å². The highest BCUT2D eigenvalue weighted by Gasteiger charge is 2.31. The van der Waals surface area contributed by atoms with Gasteiger partial charge in [-0.3, -0.25) is 0 Å². The molecule has 3 rings (SSSR count). The molecule has 18 heavy (non-hydrogen) atoms. The van der Waals surface area contributed by atoms with Gasteiger partial charge in [0.15, 0.2) is 5.82 Å². The molecule has 0 radical (unpaired) electrons. The van der Waals surface area contributed by atoms with Crippen LogP contribution in [0.1, 0.15) is 37.6 Å². The van der Waals surface area contributed by atoms with E-state index in [-0.39, 0.29) is 11.5 Å². The molecule has 1 aliphatic carbocycles. The average molecular weight is 259 g/mol. The van der Waals surface area contributed by atoms with E-state index < -0.39 is 0 Å². The van der Waals surface area contributed by atoms with Crippen LogP contribution >= 0.6 is 11.3 Å². The Morgan fingerprint density at radius 3 is 3.00 bits per heavy atom. The first-order valence-corrected chi connectivity index (χ1v) is 7.08. The van der Waals surface area contributed by atoms with Gasteiger partial charge in [-0.15, -0.1) is 11.3 Å². The molecule has 1 unspecified atom stereocenters. The zero-order valence-corrected chi connectivity index (χ0v) is 11.5. The highest BCUT2D eigenvalue weighted by Crippen LogP contribution is 2.39. The highest BCUT2D eigenvalue weighted by molar-refractivity contribution is 7.13. The minimum absolute atomic E-state index is 0.0705. The summed E-state index contributed by atoms with van der Waals surface area (Å²) in [6.07, 6.45) is 3.90. The molecule has 2 aromatic heterocycles. The molecule has 0 amide bonds. The Hall–Kier alpha value is -1.26. The third kappa shape index (κ3) is 2.06. The number of thiophene rings is 1. The lowest BCUT2D eigenvalue weighted by molar-refractivity contribution is 0.278. The molecule has 0 bridgehead atoms. The normalized spacial score (nSPS) is 21.6. The van der Waals surface area contributed by atoms with Crippen LogP contribution in [0.4, 0.5) is 0 Å². The van der Waals surface area contributed by atoms with E-state index >= 15 is 0 Å². The van der Waals surface area contributed by atoms with Gasteiger partial charge < -0.3 is 5.73 Å². The Morgan fingerprint density at radius 1 is 1.44 bits per heavy atom. The fourth-order valence-corrected chi connectivity index (χ4v) is 3.30. The summed E-state index contributed by atoms with van der Waals surface area (Å²) in [6, 6.07) is 4.15. The van der Waals surface area contributed by atoms with Crippen LogP contribution in [0.15, 0.2) is 23.7 Å². The molecule has 94 valence electrons. The summed E-state index contributed by atoms with van der Waals surface area (Å²) in [6.45, 7) is 4.51. The van der Waals surface area contributed by atoms with Crippen molar-refractivity contribution in [3.63, 3.8) is 0 Å². The molecule has 0 fully saturated rings. The Kier molecular flexibility index (Phi) is 2.72. The lowest BCUT2D eigenvalue weighted by Gasteiger charge is -2.34. The molecule has 2 N–H and O–H groups in total. The minimum atomic E-state index is 0.0705. The van der Waals surface area contributed by atoms with E-state index in [2.05, 4.69) is 24.9 Å². The molecule has 3 nitrogen and oxygen atoms in total. The van der Waals surface area contributed by atoms with Gasteiger partial charge in [-0.05, 0) is 29.7 Å². The number of hydrogen-bond acceptors (Lipinski definition) is 4. The van der Waals surface area contributed by atoms with Crippen LogP contribution in [-0.2, 0) is 6.42 Å². The van der Waals surface area contributed by atoms with Gasteiger partial charge >= 0.3 is 0 Å². The number of rotatable bonds is 1. The fourth-order valence-electron chi connectivity index (χ4n) is 2.63. The minimum Gasteiger partial charge on any atom is -0.324 e. The maximum atomic E-state index is 6.21. The van der Waals surface area contributed by atoms with Gasteiger partial charge in [0, 0.05) is 23.5 Å². The second kappa shape index (κ2) is 4.14. The van der Waals surface area contributed by atoms with E-state index in [9.17, 15) is 0 Å².